The van der Waals surface area contributed by atoms with E-state index in [1.165, 1.54) is 0 Å². The van der Waals surface area contributed by atoms with Crippen molar-refractivity contribution in [1.29, 1.82) is 0 Å². The number of β-amino-alcohol motifs (C(OH)–C–C–N with tert-alkyl or cyclic N) is 1. The van der Waals surface area contributed by atoms with Crippen LogP contribution in [0.4, 0.5) is 5.82 Å². The molecule has 2 aromatic rings. The first kappa shape index (κ1) is 12.4. The molecule has 19 heavy (non-hydrogen) atoms. The summed E-state index contributed by atoms with van der Waals surface area (Å²) in [6.07, 6.45) is 1.62. The molecule has 0 atom stereocenters. The zero-order valence-corrected chi connectivity index (χ0v) is 11.1. The van der Waals surface area contributed by atoms with Gasteiger partial charge in [0, 0.05) is 38.4 Å². The first-order chi connectivity index (χ1) is 9.28. The summed E-state index contributed by atoms with van der Waals surface area (Å²) in [7, 11) is 0. The normalized spacial score (nSPS) is 17.3. The van der Waals surface area contributed by atoms with Gasteiger partial charge in [-0.3, -0.25) is 4.90 Å². The lowest BCUT2D eigenvalue weighted by Gasteiger charge is -2.35. The molecule has 2 N–H and O–H groups in total. The van der Waals surface area contributed by atoms with E-state index in [2.05, 4.69) is 30.8 Å². The molecule has 0 aromatic carbocycles. The van der Waals surface area contributed by atoms with Gasteiger partial charge < -0.3 is 15.0 Å². The topological polar surface area (TPSA) is 68.3 Å². The van der Waals surface area contributed by atoms with Crippen LogP contribution in [0.25, 0.3) is 11.0 Å². The van der Waals surface area contributed by atoms with E-state index in [9.17, 15) is 0 Å². The van der Waals surface area contributed by atoms with E-state index in [0.717, 1.165) is 55.3 Å². The number of aromatic amines is 1. The summed E-state index contributed by atoms with van der Waals surface area (Å²) in [5.74, 6) is 1.01. The number of anilines is 1. The highest BCUT2D eigenvalue weighted by Gasteiger charge is 2.19. The van der Waals surface area contributed by atoms with Crippen molar-refractivity contribution in [2.24, 2.45) is 0 Å². The van der Waals surface area contributed by atoms with Gasteiger partial charge in [-0.25, -0.2) is 9.97 Å². The lowest BCUT2D eigenvalue weighted by atomic mass is 10.2. The SMILES string of the molecule is Cc1cc2c(N3CCN(CCO)CC3)ncnc2[nH]1. The largest absolute Gasteiger partial charge is 0.395 e. The number of aryl methyl sites for hydroxylation is 1. The summed E-state index contributed by atoms with van der Waals surface area (Å²) in [6, 6.07) is 2.10. The van der Waals surface area contributed by atoms with Gasteiger partial charge in [-0.05, 0) is 13.0 Å². The molecule has 1 fully saturated rings. The fraction of sp³-hybridized carbons (Fsp3) is 0.538. The van der Waals surface area contributed by atoms with Crippen molar-refractivity contribution < 1.29 is 5.11 Å². The van der Waals surface area contributed by atoms with E-state index >= 15 is 0 Å². The Balaban J connectivity index is 1.81. The first-order valence-electron chi connectivity index (χ1n) is 6.66. The van der Waals surface area contributed by atoms with E-state index in [1.807, 2.05) is 6.92 Å². The van der Waals surface area contributed by atoms with Crippen LogP contribution in [-0.4, -0.2) is 64.3 Å². The maximum atomic E-state index is 8.97. The predicted octanol–water partition coefficient (Wildman–Crippen LogP) is 0.381. The third-order valence-electron chi connectivity index (χ3n) is 3.63. The van der Waals surface area contributed by atoms with E-state index in [4.69, 9.17) is 5.11 Å². The number of fused-ring (bicyclic) bond motifs is 1. The molecule has 3 rings (SSSR count). The number of rotatable bonds is 3. The monoisotopic (exact) mass is 261 g/mol. The quantitative estimate of drug-likeness (QED) is 0.836. The van der Waals surface area contributed by atoms with Crippen LogP contribution >= 0.6 is 0 Å². The van der Waals surface area contributed by atoms with E-state index in [0.29, 0.717) is 0 Å². The Morgan fingerprint density at radius 3 is 2.79 bits per heavy atom. The second kappa shape index (κ2) is 5.14. The molecular formula is C13H19N5O. The van der Waals surface area contributed by atoms with Crippen molar-refractivity contribution in [3.63, 3.8) is 0 Å². The summed E-state index contributed by atoms with van der Waals surface area (Å²) in [5, 5.41) is 10.1. The predicted molar refractivity (Wildman–Crippen MR) is 74.4 cm³/mol. The van der Waals surface area contributed by atoms with Gasteiger partial charge in [0.2, 0.25) is 0 Å². The minimum absolute atomic E-state index is 0.231. The van der Waals surface area contributed by atoms with Crippen LogP contribution in [-0.2, 0) is 0 Å². The standard InChI is InChI=1S/C13H19N5O/c1-10-8-11-12(16-10)14-9-15-13(11)18-4-2-17(3-5-18)6-7-19/h8-9,19H,2-7H2,1H3,(H,14,15,16). The molecule has 0 unspecified atom stereocenters. The van der Waals surface area contributed by atoms with Gasteiger partial charge in [-0.15, -0.1) is 0 Å². The Bertz CT molecular complexity index is 559. The van der Waals surface area contributed by atoms with Gasteiger partial charge in [-0.1, -0.05) is 0 Å². The number of nitrogens with one attached hydrogen (secondary N) is 1. The van der Waals surface area contributed by atoms with Crippen LogP contribution in [0.1, 0.15) is 5.69 Å². The molecule has 0 radical (unpaired) electrons. The number of aromatic nitrogens is 3. The zero-order valence-electron chi connectivity index (χ0n) is 11.1. The van der Waals surface area contributed by atoms with Gasteiger partial charge in [0.1, 0.15) is 17.8 Å². The number of piperazine rings is 1. The smallest absolute Gasteiger partial charge is 0.143 e. The minimum Gasteiger partial charge on any atom is -0.395 e. The number of hydrogen-bond acceptors (Lipinski definition) is 5. The number of aliphatic hydroxyl groups is 1. The van der Waals surface area contributed by atoms with Crippen LogP contribution in [0.2, 0.25) is 0 Å². The molecule has 1 aliphatic heterocycles. The average Bonchev–Trinajstić information content (AvgIpc) is 2.80. The first-order valence-corrected chi connectivity index (χ1v) is 6.66. The average molecular weight is 261 g/mol. The van der Waals surface area contributed by atoms with Crippen molar-refractivity contribution in [2.75, 3.05) is 44.2 Å². The summed E-state index contributed by atoms with van der Waals surface area (Å²) in [5.41, 5.74) is 2.01. The second-order valence-corrected chi connectivity index (χ2v) is 4.96. The van der Waals surface area contributed by atoms with Crippen LogP contribution in [0.5, 0.6) is 0 Å². The second-order valence-electron chi connectivity index (χ2n) is 4.96. The van der Waals surface area contributed by atoms with Gasteiger partial charge >= 0.3 is 0 Å². The van der Waals surface area contributed by atoms with Crippen molar-refractivity contribution in [2.45, 2.75) is 6.92 Å². The molecule has 0 saturated carbocycles. The molecule has 2 aromatic heterocycles. The Kier molecular flexibility index (Phi) is 3.35. The fourth-order valence-corrected chi connectivity index (χ4v) is 2.63. The highest BCUT2D eigenvalue weighted by atomic mass is 16.3. The van der Waals surface area contributed by atoms with Crippen molar-refractivity contribution in [3.8, 4) is 0 Å². The number of aliphatic hydroxyl groups excluding tert-OH is 1. The summed E-state index contributed by atoms with van der Waals surface area (Å²) >= 11 is 0. The molecular weight excluding hydrogens is 242 g/mol. The van der Waals surface area contributed by atoms with Crippen LogP contribution in [0.15, 0.2) is 12.4 Å². The van der Waals surface area contributed by atoms with Crippen molar-refractivity contribution in [1.82, 2.24) is 19.9 Å². The lowest BCUT2D eigenvalue weighted by molar-refractivity contribution is 0.188. The van der Waals surface area contributed by atoms with Gasteiger partial charge in [0.15, 0.2) is 0 Å². The third kappa shape index (κ3) is 2.41. The fourth-order valence-electron chi connectivity index (χ4n) is 2.63. The molecule has 1 aliphatic rings. The Labute approximate surface area is 112 Å². The molecule has 0 amide bonds. The maximum absolute atomic E-state index is 8.97. The molecule has 6 heteroatoms. The summed E-state index contributed by atoms with van der Waals surface area (Å²) < 4.78 is 0. The number of hydrogen-bond donors (Lipinski definition) is 2. The van der Waals surface area contributed by atoms with Crippen LogP contribution in [0.3, 0.4) is 0 Å². The molecule has 0 aliphatic carbocycles. The van der Waals surface area contributed by atoms with Gasteiger partial charge in [0.25, 0.3) is 0 Å². The molecule has 1 saturated heterocycles. The maximum Gasteiger partial charge on any atom is 0.143 e. The number of H-pyrrole nitrogens is 1. The van der Waals surface area contributed by atoms with E-state index in [1.54, 1.807) is 6.33 Å². The zero-order chi connectivity index (χ0) is 13.2. The van der Waals surface area contributed by atoms with E-state index < -0.39 is 0 Å². The summed E-state index contributed by atoms with van der Waals surface area (Å²) in [6.45, 7) is 6.84. The molecule has 0 bridgehead atoms. The van der Waals surface area contributed by atoms with Gasteiger partial charge in [-0.2, -0.15) is 0 Å². The van der Waals surface area contributed by atoms with Crippen LogP contribution < -0.4 is 4.90 Å². The number of nitrogens with zero attached hydrogens (tertiary/aromatic N) is 4. The van der Waals surface area contributed by atoms with Crippen LogP contribution in [0, 0.1) is 6.92 Å². The lowest BCUT2D eigenvalue weighted by Crippen LogP contribution is -2.47. The molecule has 6 nitrogen and oxygen atoms in total. The van der Waals surface area contributed by atoms with Gasteiger partial charge in [0.05, 0.1) is 12.0 Å². The highest BCUT2D eigenvalue weighted by molar-refractivity contribution is 5.88. The molecule has 102 valence electrons. The Morgan fingerprint density at radius 2 is 2.05 bits per heavy atom. The van der Waals surface area contributed by atoms with E-state index in [-0.39, 0.29) is 6.61 Å². The summed E-state index contributed by atoms with van der Waals surface area (Å²) in [4.78, 5) is 16.5. The highest BCUT2D eigenvalue weighted by Crippen LogP contribution is 2.24. The minimum atomic E-state index is 0.231. The Morgan fingerprint density at radius 1 is 1.26 bits per heavy atom. The third-order valence-corrected chi connectivity index (χ3v) is 3.63. The van der Waals surface area contributed by atoms with Crippen molar-refractivity contribution >= 4 is 16.9 Å². The molecule has 0 spiro atoms. The molecule has 3 heterocycles. The van der Waals surface area contributed by atoms with Crippen molar-refractivity contribution in [3.05, 3.63) is 18.1 Å². The Hall–Kier alpha value is -1.66.